The fraction of sp³-hybridized carbons (Fsp3) is 0.684. The molecule has 1 aromatic rings. The predicted octanol–water partition coefficient (Wildman–Crippen LogP) is 1.78. The molecule has 0 bridgehead atoms. The van der Waals surface area contributed by atoms with Gasteiger partial charge >= 0.3 is 0 Å². The Balaban J connectivity index is 1.36. The maximum Gasteiger partial charge on any atom is 0.191 e. The molecule has 142 valence electrons. The minimum Gasteiger partial charge on any atom is -0.377 e. The van der Waals surface area contributed by atoms with Crippen molar-refractivity contribution in [2.24, 2.45) is 16.3 Å². The number of fused-ring (bicyclic) bond motifs is 1. The van der Waals surface area contributed by atoms with E-state index in [9.17, 15) is 4.39 Å². The number of pyridine rings is 1. The molecule has 2 saturated heterocycles. The molecule has 2 aliphatic heterocycles. The fourth-order valence-electron chi connectivity index (χ4n) is 4.81. The first kappa shape index (κ1) is 17.5. The maximum absolute atomic E-state index is 14.0. The van der Waals surface area contributed by atoms with Crippen molar-refractivity contribution < 1.29 is 9.13 Å². The van der Waals surface area contributed by atoms with E-state index in [-0.39, 0.29) is 17.3 Å². The molecule has 1 aliphatic carbocycles. The van der Waals surface area contributed by atoms with Gasteiger partial charge in [0.05, 0.1) is 6.10 Å². The van der Waals surface area contributed by atoms with Crippen LogP contribution < -0.4 is 15.5 Å². The van der Waals surface area contributed by atoms with E-state index in [2.05, 4.69) is 34.5 Å². The third kappa shape index (κ3) is 2.92. The summed E-state index contributed by atoms with van der Waals surface area (Å²) in [6, 6.07) is 3.67. The molecule has 7 heteroatoms. The van der Waals surface area contributed by atoms with Crippen molar-refractivity contribution >= 4 is 11.8 Å². The predicted molar refractivity (Wildman–Crippen MR) is 99.9 cm³/mol. The van der Waals surface area contributed by atoms with Crippen LogP contribution in [-0.4, -0.2) is 55.9 Å². The lowest BCUT2D eigenvalue weighted by molar-refractivity contribution is -0.106. The van der Waals surface area contributed by atoms with Crippen LogP contribution in [0.1, 0.15) is 26.7 Å². The lowest BCUT2D eigenvalue weighted by atomic mass is 9.57. The van der Waals surface area contributed by atoms with Crippen LogP contribution in [0.25, 0.3) is 0 Å². The molecule has 0 radical (unpaired) electrons. The van der Waals surface area contributed by atoms with Crippen molar-refractivity contribution in [2.45, 2.75) is 44.9 Å². The van der Waals surface area contributed by atoms with Crippen LogP contribution >= 0.6 is 0 Å². The standard InChI is InChI=1S/C19H28FN5O/c1-19(2)15(13-7-10-26-16(13)19)24-18(21-3)23-12-6-9-25(11-12)17-14(20)5-4-8-22-17/h4-5,8,12-13,15-16H,6-7,9-11H2,1-3H3,(H2,21,23,24). The van der Waals surface area contributed by atoms with Gasteiger partial charge in [-0.1, -0.05) is 13.8 Å². The lowest BCUT2D eigenvalue weighted by Crippen LogP contribution is -2.68. The zero-order valence-corrected chi connectivity index (χ0v) is 15.7. The Hall–Kier alpha value is -1.89. The second-order valence-electron chi connectivity index (χ2n) is 8.14. The third-order valence-corrected chi connectivity index (χ3v) is 6.18. The van der Waals surface area contributed by atoms with Gasteiger partial charge in [0, 0.05) is 56.4 Å². The Morgan fingerprint density at radius 3 is 3.00 bits per heavy atom. The summed E-state index contributed by atoms with van der Waals surface area (Å²) in [6.07, 6.45) is 4.03. The van der Waals surface area contributed by atoms with Crippen LogP contribution in [0.15, 0.2) is 23.3 Å². The van der Waals surface area contributed by atoms with Crippen LogP contribution in [0, 0.1) is 17.2 Å². The van der Waals surface area contributed by atoms with E-state index in [0.29, 0.717) is 23.9 Å². The first-order valence-electron chi connectivity index (χ1n) is 9.47. The Morgan fingerprint density at radius 2 is 2.23 bits per heavy atom. The molecule has 1 saturated carbocycles. The monoisotopic (exact) mass is 361 g/mol. The summed E-state index contributed by atoms with van der Waals surface area (Å²) < 4.78 is 19.8. The number of nitrogens with one attached hydrogen (secondary N) is 2. The molecular formula is C19H28FN5O. The molecule has 4 atom stereocenters. The number of hydrogen-bond acceptors (Lipinski definition) is 4. The molecule has 0 amide bonds. The minimum absolute atomic E-state index is 0.109. The largest absolute Gasteiger partial charge is 0.377 e. The average Bonchev–Trinajstić information content (AvgIpc) is 3.27. The summed E-state index contributed by atoms with van der Waals surface area (Å²) in [5.41, 5.74) is 0.109. The summed E-state index contributed by atoms with van der Waals surface area (Å²) >= 11 is 0. The molecule has 3 aliphatic rings. The number of guanidine groups is 1. The molecule has 0 spiro atoms. The number of rotatable bonds is 3. The summed E-state index contributed by atoms with van der Waals surface area (Å²) in [5.74, 6) is 1.55. The molecule has 3 heterocycles. The van der Waals surface area contributed by atoms with Gasteiger partial charge in [0.25, 0.3) is 0 Å². The van der Waals surface area contributed by atoms with E-state index in [4.69, 9.17) is 4.74 Å². The number of aliphatic imine (C=N–C) groups is 1. The second kappa shape index (κ2) is 6.68. The molecule has 26 heavy (non-hydrogen) atoms. The zero-order chi connectivity index (χ0) is 18.3. The topological polar surface area (TPSA) is 61.8 Å². The SMILES string of the molecule is CN=C(NC1CCN(c2ncccc2F)C1)NC1C2CCOC2C1(C)C. The van der Waals surface area contributed by atoms with Crippen LogP contribution in [0.4, 0.5) is 10.2 Å². The molecule has 3 fully saturated rings. The van der Waals surface area contributed by atoms with Crippen molar-refractivity contribution in [3.63, 3.8) is 0 Å². The number of halogens is 1. The molecule has 6 nitrogen and oxygen atoms in total. The average molecular weight is 361 g/mol. The number of nitrogens with zero attached hydrogens (tertiary/aromatic N) is 3. The van der Waals surface area contributed by atoms with Crippen LogP contribution in [0.3, 0.4) is 0 Å². The molecule has 2 N–H and O–H groups in total. The fourth-order valence-corrected chi connectivity index (χ4v) is 4.81. The van der Waals surface area contributed by atoms with Crippen LogP contribution in [0.5, 0.6) is 0 Å². The van der Waals surface area contributed by atoms with Gasteiger partial charge in [-0.15, -0.1) is 0 Å². The molecule has 1 aromatic heterocycles. The molecular weight excluding hydrogens is 333 g/mol. The minimum atomic E-state index is -0.265. The molecule has 4 unspecified atom stereocenters. The normalized spacial score (nSPS) is 32.9. The summed E-state index contributed by atoms with van der Waals surface area (Å²) in [6.45, 7) is 6.88. The van der Waals surface area contributed by atoms with E-state index in [1.807, 2.05) is 4.90 Å². The summed E-state index contributed by atoms with van der Waals surface area (Å²) in [4.78, 5) is 10.6. The summed E-state index contributed by atoms with van der Waals surface area (Å²) in [7, 11) is 1.80. The van der Waals surface area contributed by atoms with Crippen LogP contribution in [0.2, 0.25) is 0 Å². The van der Waals surface area contributed by atoms with E-state index < -0.39 is 0 Å². The number of hydrogen-bond donors (Lipinski definition) is 2. The first-order chi connectivity index (χ1) is 12.5. The van der Waals surface area contributed by atoms with Gasteiger partial charge in [-0.2, -0.15) is 0 Å². The van der Waals surface area contributed by atoms with Crippen molar-refractivity contribution in [3.8, 4) is 0 Å². The Kier molecular flexibility index (Phi) is 4.50. The highest BCUT2D eigenvalue weighted by Crippen LogP contribution is 2.52. The van der Waals surface area contributed by atoms with Crippen LogP contribution in [-0.2, 0) is 4.74 Å². The van der Waals surface area contributed by atoms with Gasteiger partial charge in [-0.25, -0.2) is 9.37 Å². The highest BCUT2D eigenvalue weighted by molar-refractivity contribution is 5.80. The number of ether oxygens (including phenoxy) is 1. The molecule has 0 aromatic carbocycles. The van der Waals surface area contributed by atoms with Crippen molar-refractivity contribution in [1.29, 1.82) is 0 Å². The number of anilines is 1. The Bertz CT molecular complexity index is 694. The summed E-state index contributed by atoms with van der Waals surface area (Å²) in [5, 5.41) is 7.12. The highest BCUT2D eigenvalue weighted by atomic mass is 19.1. The smallest absolute Gasteiger partial charge is 0.191 e. The van der Waals surface area contributed by atoms with Crippen molar-refractivity contribution in [3.05, 3.63) is 24.1 Å². The van der Waals surface area contributed by atoms with Gasteiger partial charge in [-0.05, 0) is 25.0 Å². The van der Waals surface area contributed by atoms with Gasteiger partial charge in [0.2, 0.25) is 0 Å². The van der Waals surface area contributed by atoms with Gasteiger partial charge in [0.15, 0.2) is 17.6 Å². The highest BCUT2D eigenvalue weighted by Gasteiger charge is 2.59. The Morgan fingerprint density at radius 1 is 1.38 bits per heavy atom. The lowest BCUT2D eigenvalue weighted by Gasteiger charge is -2.55. The maximum atomic E-state index is 14.0. The number of aromatic nitrogens is 1. The van der Waals surface area contributed by atoms with E-state index >= 15 is 0 Å². The van der Waals surface area contributed by atoms with Gasteiger partial charge in [0.1, 0.15) is 0 Å². The van der Waals surface area contributed by atoms with Gasteiger partial charge in [-0.3, -0.25) is 4.99 Å². The zero-order valence-electron chi connectivity index (χ0n) is 15.7. The third-order valence-electron chi connectivity index (χ3n) is 6.18. The van der Waals surface area contributed by atoms with Crippen molar-refractivity contribution in [2.75, 3.05) is 31.6 Å². The van der Waals surface area contributed by atoms with E-state index in [0.717, 1.165) is 38.5 Å². The van der Waals surface area contributed by atoms with E-state index in [1.165, 1.54) is 6.07 Å². The Labute approximate surface area is 154 Å². The van der Waals surface area contributed by atoms with Gasteiger partial charge < -0.3 is 20.3 Å². The molecule has 4 rings (SSSR count). The first-order valence-corrected chi connectivity index (χ1v) is 9.47. The second-order valence-corrected chi connectivity index (χ2v) is 8.14. The quantitative estimate of drug-likeness (QED) is 0.635. The van der Waals surface area contributed by atoms with Crippen molar-refractivity contribution in [1.82, 2.24) is 15.6 Å². The van der Waals surface area contributed by atoms with E-state index in [1.54, 1.807) is 19.3 Å².